The van der Waals surface area contributed by atoms with Crippen LogP contribution in [0, 0.1) is 13.8 Å². The van der Waals surface area contributed by atoms with E-state index in [1.807, 2.05) is 38.1 Å². The molecular weight excluding hydrogens is 386 g/mol. The van der Waals surface area contributed by atoms with Crippen molar-refractivity contribution in [3.05, 3.63) is 65.6 Å². The molecule has 0 atom stereocenters. The molecule has 1 aliphatic rings. The molecular formula is C21H23N5O2S. The highest BCUT2D eigenvalue weighted by Crippen LogP contribution is 2.23. The largest absolute Gasteiger partial charge is 0.366 e. The van der Waals surface area contributed by atoms with Crippen molar-refractivity contribution in [3.8, 4) is 11.4 Å². The van der Waals surface area contributed by atoms with Crippen LogP contribution >= 0.6 is 0 Å². The van der Waals surface area contributed by atoms with E-state index < -0.39 is 10.0 Å². The Kier molecular flexibility index (Phi) is 5.29. The van der Waals surface area contributed by atoms with Crippen LogP contribution in [0.3, 0.4) is 0 Å². The zero-order valence-electron chi connectivity index (χ0n) is 16.4. The first-order chi connectivity index (χ1) is 13.9. The van der Waals surface area contributed by atoms with Crippen LogP contribution in [-0.4, -0.2) is 29.4 Å². The van der Waals surface area contributed by atoms with Crippen LogP contribution < -0.4 is 10.0 Å². The van der Waals surface area contributed by atoms with Gasteiger partial charge in [-0.15, -0.1) is 0 Å². The van der Waals surface area contributed by atoms with Crippen molar-refractivity contribution in [1.29, 1.82) is 0 Å². The fraction of sp³-hybridized carbons (Fsp3) is 0.286. The van der Waals surface area contributed by atoms with Gasteiger partial charge in [-0.25, -0.2) is 23.1 Å². The Labute approximate surface area is 170 Å². The van der Waals surface area contributed by atoms with Crippen LogP contribution in [0.4, 0.5) is 5.82 Å². The Morgan fingerprint density at radius 1 is 1.07 bits per heavy atom. The van der Waals surface area contributed by atoms with E-state index in [1.165, 1.54) is 0 Å². The summed E-state index contributed by atoms with van der Waals surface area (Å²) in [4.78, 5) is 13.6. The number of nitrogens with one attached hydrogen (secondary N) is 2. The Morgan fingerprint density at radius 2 is 1.83 bits per heavy atom. The predicted octanol–water partition coefficient (Wildman–Crippen LogP) is 3.21. The third-order valence-corrected chi connectivity index (χ3v) is 6.44. The Bertz CT molecular complexity index is 1110. The van der Waals surface area contributed by atoms with Gasteiger partial charge in [0.15, 0.2) is 5.82 Å². The fourth-order valence-electron chi connectivity index (χ4n) is 2.89. The molecule has 8 heteroatoms. The highest BCUT2D eigenvalue weighted by atomic mass is 32.2. The molecule has 0 bridgehead atoms. The first-order valence-electron chi connectivity index (χ1n) is 9.53. The molecule has 2 aromatic heterocycles. The number of hydrogen-bond acceptors (Lipinski definition) is 6. The van der Waals surface area contributed by atoms with Gasteiger partial charge in [-0.2, -0.15) is 0 Å². The second kappa shape index (κ2) is 7.88. The number of benzene rings is 1. The van der Waals surface area contributed by atoms with Gasteiger partial charge >= 0.3 is 0 Å². The van der Waals surface area contributed by atoms with E-state index in [1.54, 1.807) is 24.5 Å². The summed E-state index contributed by atoms with van der Waals surface area (Å²) < 4.78 is 27.3. The fourth-order valence-corrected chi connectivity index (χ4v) is 4.19. The molecule has 1 aromatic carbocycles. The van der Waals surface area contributed by atoms with Crippen LogP contribution in [0.2, 0.25) is 0 Å². The lowest BCUT2D eigenvalue weighted by Gasteiger charge is -2.13. The van der Waals surface area contributed by atoms with Crippen molar-refractivity contribution >= 4 is 15.8 Å². The van der Waals surface area contributed by atoms with Crippen LogP contribution in [0.15, 0.2) is 53.7 Å². The topological polar surface area (TPSA) is 96.9 Å². The highest BCUT2D eigenvalue weighted by molar-refractivity contribution is 7.89. The zero-order valence-corrected chi connectivity index (χ0v) is 17.2. The van der Waals surface area contributed by atoms with Crippen molar-refractivity contribution in [1.82, 2.24) is 19.7 Å². The second-order valence-electron chi connectivity index (χ2n) is 7.24. The van der Waals surface area contributed by atoms with Gasteiger partial charge in [-0.05, 0) is 56.5 Å². The molecule has 0 unspecified atom stereocenters. The van der Waals surface area contributed by atoms with Gasteiger partial charge in [0.05, 0.1) is 4.90 Å². The number of nitrogens with zero attached hydrogens (tertiary/aromatic N) is 3. The maximum Gasteiger partial charge on any atom is 0.240 e. The van der Waals surface area contributed by atoms with E-state index in [2.05, 4.69) is 25.0 Å². The van der Waals surface area contributed by atoms with Gasteiger partial charge in [-0.3, -0.25) is 4.98 Å². The number of rotatable bonds is 7. The van der Waals surface area contributed by atoms with Crippen molar-refractivity contribution in [2.75, 3.05) is 5.32 Å². The molecule has 0 amide bonds. The summed E-state index contributed by atoms with van der Waals surface area (Å²) in [5.41, 5.74) is 3.70. The second-order valence-corrected chi connectivity index (χ2v) is 8.95. The van der Waals surface area contributed by atoms with Gasteiger partial charge < -0.3 is 5.32 Å². The van der Waals surface area contributed by atoms with Crippen LogP contribution in [0.1, 0.15) is 29.7 Å². The molecule has 0 spiro atoms. The van der Waals surface area contributed by atoms with Gasteiger partial charge in [-0.1, -0.05) is 12.1 Å². The van der Waals surface area contributed by atoms with Crippen LogP contribution in [0.5, 0.6) is 0 Å². The van der Waals surface area contributed by atoms with Crippen molar-refractivity contribution in [3.63, 3.8) is 0 Å². The van der Waals surface area contributed by atoms with E-state index in [0.717, 1.165) is 41.0 Å². The summed E-state index contributed by atoms with van der Waals surface area (Å²) in [6.07, 6.45) is 5.29. The average Bonchev–Trinajstić information content (AvgIpc) is 3.53. The molecule has 3 aromatic rings. The van der Waals surface area contributed by atoms with Gasteiger partial charge in [0.25, 0.3) is 0 Å². The van der Waals surface area contributed by atoms with Gasteiger partial charge in [0, 0.05) is 41.8 Å². The number of hydrogen-bond donors (Lipinski definition) is 2. The average molecular weight is 410 g/mol. The highest BCUT2D eigenvalue weighted by Gasteiger charge is 2.27. The molecule has 0 radical (unpaired) electrons. The quantitative estimate of drug-likeness (QED) is 0.622. The lowest BCUT2D eigenvalue weighted by molar-refractivity contribution is 0.581. The Hall–Kier alpha value is -2.84. The number of aromatic nitrogens is 3. The summed E-state index contributed by atoms with van der Waals surface area (Å²) >= 11 is 0. The maximum atomic E-state index is 12.3. The number of pyridine rings is 1. The summed E-state index contributed by atoms with van der Waals surface area (Å²) in [6, 6.07) is 10.8. The molecule has 0 aliphatic heterocycles. The Balaban J connectivity index is 1.49. The summed E-state index contributed by atoms with van der Waals surface area (Å²) in [5.74, 6) is 1.37. The molecule has 1 aliphatic carbocycles. The Morgan fingerprint density at radius 3 is 2.48 bits per heavy atom. The first kappa shape index (κ1) is 19.5. The smallest absolute Gasteiger partial charge is 0.240 e. The van der Waals surface area contributed by atoms with E-state index >= 15 is 0 Å². The molecule has 2 heterocycles. The molecule has 29 heavy (non-hydrogen) atoms. The van der Waals surface area contributed by atoms with Crippen molar-refractivity contribution in [2.24, 2.45) is 0 Å². The van der Waals surface area contributed by atoms with Crippen molar-refractivity contribution in [2.45, 2.75) is 44.2 Å². The van der Waals surface area contributed by atoms with E-state index in [-0.39, 0.29) is 6.04 Å². The van der Waals surface area contributed by atoms with E-state index in [9.17, 15) is 8.42 Å². The zero-order chi connectivity index (χ0) is 20.4. The number of sulfonamides is 1. The molecule has 1 saturated carbocycles. The molecule has 2 N–H and O–H groups in total. The summed E-state index contributed by atoms with van der Waals surface area (Å²) in [6.45, 7) is 4.46. The minimum atomic E-state index is -3.43. The molecule has 150 valence electrons. The van der Waals surface area contributed by atoms with Gasteiger partial charge in [0.1, 0.15) is 5.82 Å². The maximum absolute atomic E-state index is 12.3. The van der Waals surface area contributed by atoms with E-state index in [0.29, 0.717) is 17.3 Å². The monoisotopic (exact) mass is 409 g/mol. The summed E-state index contributed by atoms with van der Waals surface area (Å²) in [7, 11) is -3.43. The summed E-state index contributed by atoms with van der Waals surface area (Å²) in [5, 5.41) is 3.34. The minimum Gasteiger partial charge on any atom is -0.366 e. The lowest BCUT2D eigenvalue weighted by atomic mass is 10.2. The predicted molar refractivity (Wildman–Crippen MR) is 112 cm³/mol. The lowest BCUT2D eigenvalue weighted by Crippen LogP contribution is -2.25. The number of anilines is 1. The van der Waals surface area contributed by atoms with Crippen molar-refractivity contribution < 1.29 is 8.42 Å². The minimum absolute atomic E-state index is 0.0966. The normalized spacial score (nSPS) is 14.0. The SMILES string of the molecule is Cc1nc(-c2cccnc2)nc(NCc2ccc(S(=O)(=O)NC3CC3)cc2)c1C. The van der Waals surface area contributed by atoms with Crippen LogP contribution in [0.25, 0.3) is 11.4 Å². The van der Waals surface area contributed by atoms with Crippen LogP contribution in [-0.2, 0) is 16.6 Å². The third kappa shape index (κ3) is 4.60. The third-order valence-electron chi connectivity index (χ3n) is 4.90. The molecule has 1 fully saturated rings. The molecule has 7 nitrogen and oxygen atoms in total. The molecule has 4 rings (SSSR count). The first-order valence-corrected chi connectivity index (χ1v) is 11.0. The standard InChI is InChI=1S/C21H23N5O2S/c1-14-15(2)24-21(17-4-3-11-22-13-17)25-20(14)23-12-16-5-9-19(10-6-16)29(27,28)26-18-7-8-18/h3-6,9-11,13,18,26H,7-8,12H2,1-2H3,(H,23,24,25). The molecule has 0 saturated heterocycles. The van der Waals surface area contributed by atoms with Gasteiger partial charge in [0.2, 0.25) is 10.0 Å². The number of aryl methyl sites for hydroxylation is 1. The van der Waals surface area contributed by atoms with E-state index in [4.69, 9.17) is 0 Å².